The number of alkyl halides is 6. The van der Waals surface area contributed by atoms with Crippen LogP contribution in [0.2, 0.25) is 0 Å². The van der Waals surface area contributed by atoms with Crippen molar-refractivity contribution in [1.82, 2.24) is 97.3 Å². The molecule has 20 rings (SSSR count). The molecule has 0 bridgehead atoms. The SMILES string of the molecule is CCN1[C@@H](c2nc3ccccc3n2CC2CCN(C)CC2)CCC[C@H]1c1ncccc1C.Cc1cccnc1[C@@H]1CCC[C@H](c2nc3ccccc3n2CC2CCN(C(C)C)CC2)N1C.Cc1cccnc1[C@@H]1CCC[C@H](c2nc3ccccc3n2CC2CCN(C)CC2)N1CC(F)(F)F.Cc1cccnc1[C@@H]1CCC[C@H](c2nc3ccccc3n2CC2CCN(CC(F)(F)F)CC2)N1C. The highest BCUT2D eigenvalue weighted by atomic mass is 19.4. The first-order valence-electron chi connectivity index (χ1n) is 50.7. The molecule has 26 heteroatoms. The van der Waals surface area contributed by atoms with Gasteiger partial charge in [-0.15, -0.1) is 0 Å². The van der Waals surface area contributed by atoms with Gasteiger partial charge in [0.15, 0.2) is 0 Å². The Bertz CT molecular complexity index is 5840. The molecule has 8 atom stereocenters. The van der Waals surface area contributed by atoms with Crippen molar-refractivity contribution >= 4 is 44.1 Å². The predicted molar refractivity (Wildman–Crippen MR) is 528 cm³/mol. The van der Waals surface area contributed by atoms with Crippen LogP contribution >= 0.6 is 0 Å². The van der Waals surface area contributed by atoms with E-state index >= 15 is 0 Å². The molecule has 0 spiro atoms. The van der Waals surface area contributed by atoms with Crippen molar-refractivity contribution in [2.75, 3.05) is 100 Å². The quantitative estimate of drug-likeness (QED) is 0.0666. The van der Waals surface area contributed by atoms with E-state index in [0.29, 0.717) is 68.0 Å². The second kappa shape index (κ2) is 43.8. The highest BCUT2D eigenvalue weighted by Crippen LogP contribution is 2.49. The van der Waals surface area contributed by atoms with Crippen molar-refractivity contribution < 1.29 is 26.3 Å². The third kappa shape index (κ3) is 22.8. The van der Waals surface area contributed by atoms with Crippen LogP contribution in [0.1, 0.15) is 266 Å². The minimum absolute atomic E-state index is 0.174. The van der Waals surface area contributed by atoms with Crippen LogP contribution < -0.4 is 0 Å². The van der Waals surface area contributed by atoms with Gasteiger partial charge in [-0.25, -0.2) is 19.9 Å². The molecular weight excluding hydrogens is 1700 g/mol. The number of imidazole rings is 4. The van der Waals surface area contributed by atoms with Gasteiger partial charge in [0.25, 0.3) is 0 Å². The van der Waals surface area contributed by atoms with Gasteiger partial charge in [0, 0.05) is 57.0 Å². The molecule has 0 unspecified atom stereocenters. The van der Waals surface area contributed by atoms with Gasteiger partial charge in [-0.3, -0.25) is 44.4 Å². The fourth-order valence-corrected chi connectivity index (χ4v) is 24.0. The van der Waals surface area contributed by atoms with Crippen molar-refractivity contribution in [3.63, 3.8) is 0 Å². The fraction of sp³-hybridized carbons (Fsp3) is 0.560. The summed E-state index contributed by atoms with van der Waals surface area (Å²) in [5.41, 5.74) is 18.0. The Balaban J connectivity index is 0.000000125. The molecule has 20 nitrogen and oxygen atoms in total. The van der Waals surface area contributed by atoms with Gasteiger partial charge in [-0.2, -0.15) is 26.3 Å². The molecule has 0 aliphatic carbocycles. The largest absolute Gasteiger partial charge is 0.401 e. The summed E-state index contributed by atoms with van der Waals surface area (Å²) in [7, 11) is 8.86. The molecule has 8 saturated heterocycles. The highest BCUT2D eigenvalue weighted by Gasteiger charge is 2.45. The van der Waals surface area contributed by atoms with E-state index in [9.17, 15) is 26.3 Å². The molecule has 8 aliphatic rings. The van der Waals surface area contributed by atoms with Crippen LogP contribution in [0, 0.1) is 51.4 Å². The second-order valence-electron chi connectivity index (χ2n) is 40.8. The van der Waals surface area contributed by atoms with Gasteiger partial charge in [0.2, 0.25) is 0 Å². The monoisotopic (exact) mass is 1850 g/mol. The summed E-state index contributed by atoms with van der Waals surface area (Å²) in [4.78, 5) is 57.7. The molecule has 12 aromatic rings. The molecule has 8 aromatic heterocycles. The third-order valence-electron chi connectivity index (χ3n) is 31.4. The minimum atomic E-state index is -4.30. The van der Waals surface area contributed by atoms with E-state index in [1.165, 1.54) is 140 Å². The zero-order valence-corrected chi connectivity index (χ0v) is 81.6. The Morgan fingerprint density at radius 1 is 0.311 bits per heavy atom. The first-order valence-corrected chi connectivity index (χ1v) is 50.7. The van der Waals surface area contributed by atoms with Crippen molar-refractivity contribution in [2.24, 2.45) is 23.7 Å². The van der Waals surface area contributed by atoms with Gasteiger partial charge in [0.05, 0.1) is 128 Å². The van der Waals surface area contributed by atoms with Gasteiger partial charge in [-0.1, -0.05) is 79.7 Å². The second-order valence-corrected chi connectivity index (χ2v) is 40.8. The lowest BCUT2D eigenvalue weighted by atomic mass is 9.90. The number of rotatable bonds is 20. The van der Waals surface area contributed by atoms with Crippen molar-refractivity contribution in [2.45, 2.75) is 270 Å². The average molecular weight is 1850 g/mol. The smallest absolute Gasteiger partial charge is 0.326 e. The number of nitrogens with zero attached hydrogens (tertiary/aromatic N) is 20. The molecule has 8 fully saturated rings. The standard InChI is InChI=1S/C28H39N5.2C27H34F3N5.C27H37N5/c1-20(2)32-17-14-22(15-18-32)19-33-24-11-6-5-10-23(24)30-28(33)26-13-7-12-25(31(26)4)27-21(3)9-8-16-29-27;1-19-7-6-14-31-25(19)23-10-5-11-24(33(23)2)26-32-21-8-3-4-9-22(21)35(26)17-20-12-15-34(16-13-20)18-27(28,29)30;1-19-7-6-14-31-25(19)23-10-5-11-24(35(23)18-27(28,29)30)26-32-21-8-3-4-9-22(21)34(26)17-20-12-15-33(2)16-13-20;1-4-31-24(26-20(2)9-8-16-28-26)12-7-13-25(31)27-29-22-10-5-6-11-23(22)32(27)19-21-14-17-30(3)18-15-21/h5-6,8-11,16,20,22,25-26H,7,12-15,17-19H2,1-4H3;2*3-4,6-9,14,20,23-24H,5,10-13,15-18H2,1-2H3;5-6,8-11,16,21,24-25H,4,7,12-15,17-19H2,1-3H3/t25-,26+;2*23-,24+;24-,25+/m0000/s1. The third-order valence-corrected chi connectivity index (χ3v) is 31.4. The summed E-state index contributed by atoms with van der Waals surface area (Å²) >= 11 is 0. The maximum atomic E-state index is 13.9. The summed E-state index contributed by atoms with van der Waals surface area (Å²) in [6, 6.07) is 51.7. The van der Waals surface area contributed by atoms with E-state index in [4.69, 9.17) is 34.9 Å². The van der Waals surface area contributed by atoms with E-state index < -0.39 is 31.5 Å². The average Bonchev–Trinajstić information content (AvgIpc) is 1.64. The fourth-order valence-electron chi connectivity index (χ4n) is 24.0. The Morgan fingerprint density at radius 2 is 0.585 bits per heavy atom. The molecule has 16 heterocycles. The van der Waals surface area contributed by atoms with Crippen LogP contribution in [0.15, 0.2) is 170 Å². The van der Waals surface area contributed by atoms with E-state index in [2.05, 4.69) is 213 Å². The Morgan fingerprint density at radius 3 is 0.904 bits per heavy atom. The van der Waals surface area contributed by atoms with E-state index in [-0.39, 0.29) is 18.1 Å². The van der Waals surface area contributed by atoms with Crippen molar-refractivity contribution in [3.8, 4) is 0 Å². The molecule has 8 aliphatic heterocycles. The molecule has 0 radical (unpaired) electrons. The number of para-hydroxylation sites is 8. The lowest BCUT2D eigenvalue weighted by Crippen LogP contribution is -2.43. The summed E-state index contributed by atoms with van der Waals surface area (Å²) < 4.78 is 90.0. The molecule has 4 aromatic carbocycles. The van der Waals surface area contributed by atoms with Gasteiger partial charge < -0.3 is 33.0 Å². The van der Waals surface area contributed by atoms with Crippen LogP contribution in [-0.4, -0.2) is 216 Å². The molecule has 0 N–H and O–H groups in total. The zero-order chi connectivity index (χ0) is 94.2. The van der Waals surface area contributed by atoms with Gasteiger partial charge in [0.1, 0.15) is 23.3 Å². The maximum Gasteiger partial charge on any atom is 0.401 e. The number of fused-ring (bicyclic) bond motifs is 4. The van der Waals surface area contributed by atoms with E-state index in [1.54, 1.807) is 11.1 Å². The number of likely N-dealkylation sites (tertiary alicyclic amines) is 8. The van der Waals surface area contributed by atoms with Crippen molar-refractivity contribution in [3.05, 3.63) is 239 Å². The topological polar surface area (TPSA) is 149 Å². The summed E-state index contributed by atoms with van der Waals surface area (Å²) in [5.74, 6) is 6.66. The van der Waals surface area contributed by atoms with Gasteiger partial charge >= 0.3 is 12.4 Å². The number of pyridine rings is 4. The first-order chi connectivity index (χ1) is 65.3. The lowest BCUT2D eigenvalue weighted by molar-refractivity contribution is -0.162. The van der Waals surface area contributed by atoms with Crippen LogP contribution in [-0.2, 0) is 26.2 Å². The Hall–Kier alpha value is -9.38. The molecular formula is C109H144F6N20. The summed E-state index contributed by atoms with van der Waals surface area (Å²) in [6.07, 6.45) is 20.4. The minimum Gasteiger partial charge on any atom is -0.326 e. The molecule has 722 valence electrons. The summed E-state index contributed by atoms with van der Waals surface area (Å²) in [5, 5.41) is 0. The van der Waals surface area contributed by atoms with Crippen LogP contribution in [0.5, 0.6) is 0 Å². The number of benzene rings is 4. The lowest BCUT2D eigenvalue weighted by Gasteiger charge is -2.42. The van der Waals surface area contributed by atoms with Gasteiger partial charge in [-0.05, 0) is 376 Å². The number of hydrogen-bond donors (Lipinski definition) is 0. The van der Waals surface area contributed by atoms with Crippen LogP contribution in [0.25, 0.3) is 44.1 Å². The Labute approximate surface area is 795 Å². The predicted octanol–water partition coefficient (Wildman–Crippen LogP) is 23.0. The number of aryl methyl sites for hydroxylation is 4. The molecule has 0 saturated carbocycles. The maximum absolute atomic E-state index is 13.9. The highest BCUT2D eigenvalue weighted by molar-refractivity contribution is 5.78. The Kier molecular flexibility index (Phi) is 31.5. The van der Waals surface area contributed by atoms with E-state index in [1.807, 2.05) is 80.1 Å². The zero-order valence-electron chi connectivity index (χ0n) is 81.6. The summed E-state index contributed by atoms with van der Waals surface area (Å²) in [6.45, 7) is 26.4. The van der Waals surface area contributed by atoms with Crippen LogP contribution in [0.3, 0.4) is 0 Å². The number of aromatic nitrogens is 12. The molecule has 0 amide bonds. The van der Waals surface area contributed by atoms with Crippen molar-refractivity contribution in [1.29, 1.82) is 0 Å². The normalized spacial score (nSPS) is 23.4. The first kappa shape index (κ1) is 97.3. The van der Waals surface area contributed by atoms with E-state index in [0.717, 1.165) is 177 Å². The van der Waals surface area contributed by atoms with Crippen LogP contribution in [0.4, 0.5) is 26.3 Å². The number of hydrogen-bond acceptors (Lipinski definition) is 16. The number of piperidine rings is 8. The molecule has 135 heavy (non-hydrogen) atoms. The number of halogens is 6.